The van der Waals surface area contributed by atoms with Crippen molar-refractivity contribution in [3.05, 3.63) is 41.4 Å². The minimum Gasteiger partial charge on any atom is -0.475 e. The van der Waals surface area contributed by atoms with E-state index in [1.807, 2.05) is 40.6 Å². The number of aliphatic carboxylic acids is 1. The highest BCUT2D eigenvalue weighted by Crippen LogP contribution is 2.23. The van der Waals surface area contributed by atoms with Gasteiger partial charge in [0.2, 0.25) is 0 Å². The number of carboxylic acid groups (broad SMARTS) is 1. The number of thiazole rings is 1. The first-order valence-electron chi connectivity index (χ1n) is 7.60. The van der Waals surface area contributed by atoms with E-state index in [1.165, 1.54) is 11.3 Å². The van der Waals surface area contributed by atoms with Gasteiger partial charge in [-0.05, 0) is 0 Å². The molecule has 0 spiro atoms. The fraction of sp³-hybridized carbons (Fsp3) is 0.312. The van der Waals surface area contributed by atoms with E-state index < -0.39 is 12.1 Å². The van der Waals surface area contributed by atoms with E-state index in [0.29, 0.717) is 5.69 Å². The van der Waals surface area contributed by atoms with Crippen LogP contribution in [0.2, 0.25) is 0 Å². The highest BCUT2D eigenvalue weighted by molar-refractivity contribution is 7.13. The van der Waals surface area contributed by atoms with Crippen LogP contribution in [0.4, 0.5) is 13.2 Å². The molecule has 10 heteroatoms. The molecule has 0 radical (unpaired) electrons. The number of piperazine rings is 1. The van der Waals surface area contributed by atoms with E-state index >= 15 is 0 Å². The summed E-state index contributed by atoms with van der Waals surface area (Å²) in [5.74, 6) is -2.72. The fourth-order valence-corrected chi connectivity index (χ4v) is 2.92. The second kappa shape index (κ2) is 8.77. The van der Waals surface area contributed by atoms with Crippen LogP contribution in [0.1, 0.15) is 10.5 Å². The number of nitrogens with one attached hydrogen (secondary N) is 1. The molecule has 1 saturated heterocycles. The van der Waals surface area contributed by atoms with Crippen LogP contribution < -0.4 is 5.32 Å². The fourth-order valence-electron chi connectivity index (χ4n) is 2.12. The Bertz CT molecular complexity index is 744. The number of alkyl halides is 3. The van der Waals surface area contributed by atoms with Crippen molar-refractivity contribution in [1.82, 2.24) is 15.2 Å². The van der Waals surface area contributed by atoms with Gasteiger partial charge in [0.05, 0.1) is 0 Å². The average Bonchev–Trinajstić information content (AvgIpc) is 3.12. The Morgan fingerprint density at radius 1 is 1.15 bits per heavy atom. The van der Waals surface area contributed by atoms with E-state index in [0.717, 1.165) is 36.8 Å². The van der Waals surface area contributed by atoms with Crippen molar-refractivity contribution >= 4 is 23.2 Å². The number of halogens is 3. The number of carboxylic acids is 1. The van der Waals surface area contributed by atoms with Gasteiger partial charge in [-0.15, -0.1) is 11.3 Å². The van der Waals surface area contributed by atoms with E-state index in [9.17, 15) is 18.0 Å². The molecule has 0 atom stereocenters. The number of rotatable bonds is 2. The summed E-state index contributed by atoms with van der Waals surface area (Å²) in [6, 6.07) is 9.96. The normalized spacial score (nSPS) is 14.3. The predicted molar refractivity (Wildman–Crippen MR) is 90.0 cm³/mol. The first-order chi connectivity index (χ1) is 12.3. The van der Waals surface area contributed by atoms with Crippen LogP contribution in [-0.4, -0.2) is 59.2 Å². The zero-order chi connectivity index (χ0) is 19.2. The lowest BCUT2D eigenvalue weighted by Gasteiger charge is -2.26. The molecule has 0 aliphatic carbocycles. The summed E-state index contributed by atoms with van der Waals surface area (Å²) < 4.78 is 31.7. The predicted octanol–water partition coefficient (Wildman–Crippen LogP) is 2.49. The van der Waals surface area contributed by atoms with Crippen LogP contribution in [0.15, 0.2) is 35.7 Å². The quantitative estimate of drug-likeness (QED) is 0.827. The molecule has 0 unspecified atom stereocenters. The van der Waals surface area contributed by atoms with Gasteiger partial charge in [0.15, 0.2) is 0 Å². The van der Waals surface area contributed by atoms with Crippen molar-refractivity contribution in [3.8, 4) is 10.6 Å². The lowest BCUT2D eigenvalue weighted by Crippen LogP contribution is -2.46. The lowest BCUT2D eigenvalue weighted by atomic mass is 10.2. The SMILES string of the molecule is O=C(O)C(F)(F)F.O=C(c1csc(-c2ccccc2)n1)N1CCNCC1. The highest BCUT2D eigenvalue weighted by Gasteiger charge is 2.38. The Hall–Kier alpha value is -2.46. The van der Waals surface area contributed by atoms with Crippen LogP contribution in [0, 0.1) is 0 Å². The number of amides is 1. The van der Waals surface area contributed by atoms with Gasteiger partial charge < -0.3 is 15.3 Å². The molecule has 2 heterocycles. The van der Waals surface area contributed by atoms with Crippen LogP contribution in [0.25, 0.3) is 10.6 Å². The van der Waals surface area contributed by atoms with Crippen LogP contribution in [-0.2, 0) is 4.79 Å². The standard InChI is InChI=1S/C14H15N3OS.C2HF3O2/c18-14(17-8-6-15-7-9-17)12-10-19-13(16-12)11-4-2-1-3-5-11;3-2(4,5)1(6)7/h1-5,10,15H,6-9H2;(H,6,7). The minimum absolute atomic E-state index is 0.0416. The number of carbonyl (C=O) groups is 2. The van der Waals surface area contributed by atoms with E-state index in [4.69, 9.17) is 9.90 Å². The molecule has 0 bridgehead atoms. The maximum absolute atomic E-state index is 12.3. The summed E-state index contributed by atoms with van der Waals surface area (Å²) in [7, 11) is 0. The molecule has 6 nitrogen and oxygen atoms in total. The van der Waals surface area contributed by atoms with E-state index in [2.05, 4.69) is 10.3 Å². The number of hydrogen-bond acceptors (Lipinski definition) is 5. The second-order valence-corrected chi connectivity index (χ2v) is 6.11. The zero-order valence-electron chi connectivity index (χ0n) is 13.5. The van der Waals surface area contributed by atoms with Gasteiger partial charge in [-0.2, -0.15) is 13.2 Å². The summed E-state index contributed by atoms with van der Waals surface area (Å²) in [6.45, 7) is 3.25. The van der Waals surface area contributed by atoms with E-state index in [1.54, 1.807) is 0 Å². The third kappa shape index (κ3) is 5.53. The first kappa shape index (κ1) is 19.9. The summed E-state index contributed by atoms with van der Waals surface area (Å²) in [4.78, 5) is 27.5. The van der Waals surface area contributed by atoms with Crippen molar-refractivity contribution in [2.24, 2.45) is 0 Å². The van der Waals surface area contributed by atoms with Crippen LogP contribution >= 0.6 is 11.3 Å². The molecule has 1 aliphatic rings. The molecule has 0 saturated carbocycles. The van der Waals surface area contributed by atoms with Gasteiger partial charge in [-0.1, -0.05) is 30.3 Å². The molecule has 1 fully saturated rings. The molecule has 140 valence electrons. The summed E-state index contributed by atoms with van der Waals surface area (Å²) >= 11 is 1.52. The molecule has 1 aromatic carbocycles. The molecule has 1 aliphatic heterocycles. The molecule has 1 aromatic heterocycles. The number of aromatic nitrogens is 1. The molecule has 3 rings (SSSR count). The number of carbonyl (C=O) groups excluding carboxylic acids is 1. The zero-order valence-corrected chi connectivity index (χ0v) is 14.3. The monoisotopic (exact) mass is 387 g/mol. The molecular weight excluding hydrogens is 371 g/mol. The third-order valence-corrected chi connectivity index (χ3v) is 4.28. The van der Waals surface area contributed by atoms with E-state index in [-0.39, 0.29) is 5.91 Å². The maximum Gasteiger partial charge on any atom is 0.490 e. The Kier molecular flexibility index (Phi) is 6.70. The van der Waals surface area contributed by atoms with Crippen molar-refractivity contribution < 1.29 is 27.9 Å². The van der Waals surface area contributed by atoms with Gasteiger partial charge in [-0.3, -0.25) is 4.79 Å². The Morgan fingerprint density at radius 3 is 2.27 bits per heavy atom. The molecular formula is C16H16F3N3O3S. The lowest BCUT2D eigenvalue weighted by molar-refractivity contribution is -0.192. The van der Waals surface area contributed by atoms with Gasteiger partial charge in [0.1, 0.15) is 10.7 Å². The molecule has 2 N–H and O–H groups in total. The summed E-state index contributed by atoms with van der Waals surface area (Å²) in [6.07, 6.45) is -5.08. The van der Waals surface area contributed by atoms with Crippen molar-refractivity contribution in [2.45, 2.75) is 6.18 Å². The molecule has 2 aromatic rings. The number of benzene rings is 1. The number of nitrogens with zero attached hydrogens (tertiary/aromatic N) is 2. The average molecular weight is 387 g/mol. The van der Waals surface area contributed by atoms with Gasteiger partial charge >= 0.3 is 12.1 Å². The largest absolute Gasteiger partial charge is 0.490 e. The van der Waals surface area contributed by atoms with Crippen molar-refractivity contribution in [1.29, 1.82) is 0 Å². The maximum atomic E-state index is 12.3. The van der Waals surface area contributed by atoms with Crippen LogP contribution in [0.5, 0.6) is 0 Å². The van der Waals surface area contributed by atoms with Gasteiger partial charge in [0.25, 0.3) is 5.91 Å². The van der Waals surface area contributed by atoms with Crippen molar-refractivity contribution in [2.75, 3.05) is 26.2 Å². The Labute approximate surface area is 151 Å². The van der Waals surface area contributed by atoms with Gasteiger partial charge in [0, 0.05) is 37.1 Å². The first-order valence-corrected chi connectivity index (χ1v) is 8.48. The third-order valence-electron chi connectivity index (χ3n) is 3.39. The summed E-state index contributed by atoms with van der Waals surface area (Å²) in [5.41, 5.74) is 1.62. The molecule has 1 amide bonds. The highest BCUT2D eigenvalue weighted by atomic mass is 32.1. The molecule has 26 heavy (non-hydrogen) atoms. The smallest absolute Gasteiger partial charge is 0.475 e. The van der Waals surface area contributed by atoms with Crippen molar-refractivity contribution in [3.63, 3.8) is 0 Å². The Morgan fingerprint density at radius 2 is 1.73 bits per heavy atom. The number of hydrogen-bond donors (Lipinski definition) is 2. The topological polar surface area (TPSA) is 82.5 Å². The Balaban J connectivity index is 0.000000298. The second-order valence-electron chi connectivity index (χ2n) is 5.25. The summed E-state index contributed by atoms with van der Waals surface area (Å²) in [5, 5.41) is 13.1. The van der Waals surface area contributed by atoms with Gasteiger partial charge in [-0.25, -0.2) is 9.78 Å². The van der Waals surface area contributed by atoms with Crippen LogP contribution in [0.3, 0.4) is 0 Å². The minimum atomic E-state index is -5.08.